The number of benzene rings is 3. The minimum Gasteiger partial charge on any atom is -0.480 e. The number of nitrogens with one attached hydrogen (secondary N) is 1. The summed E-state index contributed by atoms with van der Waals surface area (Å²) < 4.78 is 5.38. The standard InChI is InChI=1S/C20H21NO4S.C9H11NO2/c1-26-11-10-18(19(22)23)21-20(24)25-12-17-15-8-4-2-6-13(15)14-7-3-5-9-16(14)17;10-8(9(11)12)6-7-4-2-1-3-5-7/h2-9,17-18H,10-12H2,1H3,(H,21,24)(H,22,23);1-5,8H,6,10H2,(H,11,12). The summed E-state index contributed by atoms with van der Waals surface area (Å²) in [7, 11) is 0. The highest BCUT2D eigenvalue weighted by atomic mass is 32.2. The van der Waals surface area contributed by atoms with Gasteiger partial charge in [-0.15, -0.1) is 0 Å². The molecule has 5 N–H and O–H groups in total. The van der Waals surface area contributed by atoms with E-state index in [0.29, 0.717) is 18.6 Å². The number of carboxylic acid groups (broad SMARTS) is 2. The average Bonchev–Trinajstić information content (AvgIpc) is 3.24. The molecule has 2 unspecified atom stereocenters. The van der Waals surface area contributed by atoms with E-state index in [4.69, 9.17) is 15.6 Å². The summed E-state index contributed by atoms with van der Waals surface area (Å²) in [6, 6.07) is 23.8. The highest BCUT2D eigenvalue weighted by Crippen LogP contribution is 2.44. The fourth-order valence-electron chi connectivity index (χ4n) is 4.23. The molecule has 1 aliphatic rings. The van der Waals surface area contributed by atoms with Gasteiger partial charge in [-0.1, -0.05) is 78.9 Å². The van der Waals surface area contributed by atoms with Crippen LogP contribution in [0.15, 0.2) is 78.9 Å². The van der Waals surface area contributed by atoms with Gasteiger partial charge in [-0.25, -0.2) is 9.59 Å². The molecule has 0 saturated heterocycles. The molecule has 0 fully saturated rings. The van der Waals surface area contributed by atoms with Gasteiger partial charge in [0.15, 0.2) is 0 Å². The number of ether oxygens (including phenoxy) is 1. The van der Waals surface area contributed by atoms with E-state index < -0.39 is 30.1 Å². The Hall–Kier alpha value is -3.82. The number of hydrogen-bond acceptors (Lipinski definition) is 6. The first-order chi connectivity index (χ1) is 18.3. The van der Waals surface area contributed by atoms with Crippen molar-refractivity contribution in [3.05, 3.63) is 95.6 Å². The number of alkyl carbamates (subject to hydrolysis) is 1. The van der Waals surface area contributed by atoms with E-state index >= 15 is 0 Å². The lowest BCUT2D eigenvalue weighted by atomic mass is 9.98. The number of rotatable bonds is 10. The maximum atomic E-state index is 12.1. The Morgan fingerprint density at radius 3 is 1.97 bits per heavy atom. The maximum Gasteiger partial charge on any atom is 0.407 e. The van der Waals surface area contributed by atoms with E-state index in [1.165, 1.54) is 11.8 Å². The number of carbonyl (C=O) groups is 3. The summed E-state index contributed by atoms with van der Waals surface area (Å²) in [6.07, 6.45) is 1.95. The van der Waals surface area contributed by atoms with Crippen LogP contribution in [0.3, 0.4) is 0 Å². The third-order valence-corrected chi connectivity index (χ3v) is 6.80. The summed E-state index contributed by atoms with van der Waals surface area (Å²) in [4.78, 5) is 33.7. The topological polar surface area (TPSA) is 139 Å². The van der Waals surface area contributed by atoms with Crippen LogP contribution in [0.2, 0.25) is 0 Å². The molecule has 38 heavy (non-hydrogen) atoms. The SMILES string of the molecule is CSCCC(NC(=O)OCC1c2ccccc2-c2ccccc21)C(=O)O.NC(Cc1ccccc1)C(=O)O. The molecule has 8 nitrogen and oxygen atoms in total. The Kier molecular flexibility index (Phi) is 10.7. The first kappa shape index (κ1) is 28.7. The van der Waals surface area contributed by atoms with Crippen molar-refractivity contribution in [1.29, 1.82) is 0 Å². The lowest BCUT2D eigenvalue weighted by Gasteiger charge is -2.17. The minimum atomic E-state index is -1.05. The molecular weight excluding hydrogens is 504 g/mol. The van der Waals surface area contributed by atoms with Crippen molar-refractivity contribution in [2.24, 2.45) is 5.73 Å². The summed E-state index contributed by atoms with van der Waals surface area (Å²) in [5, 5.41) is 20.2. The highest BCUT2D eigenvalue weighted by Gasteiger charge is 2.29. The van der Waals surface area contributed by atoms with Crippen LogP contribution < -0.4 is 11.1 Å². The van der Waals surface area contributed by atoms with Crippen LogP contribution >= 0.6 is 11.8 Å². The molecule has 2 atom stereocenters. The number of thioether (sulfide) groups is 1. The predicted molar refractivity (Wildman–Crippen MR) is 148 cm³/mol. The summed E-state index contributed by atoms with van der Waals surface area (Å²) in [5.74, 6) is -1.39. The van der Waals surface area contributed by atoms with Gasteiger partial charge in [-0.05, 0) is 52.7 Å². The number of nitrogens with two attached hydrogens (primary N) is 1. The average molecular weight is 537 g/mol. The second-order valence-corrected chi connectivity index (χ2v) is 9.76. The fraction of sp³-hybridized carbons (Fsp3) is 0.276. The molecule has 0 heterocycles. The van der Waals surface area contributed by atoms with Crippen molar-refractivity contribution in [3.8, 4) is 11.1 Å². The molecule has 3 aromatic rings. The largest absolute Gasteiger partial charge is 0.480 e. The molecule has 0 saturated carbocycles. The molecule has 0 spiro atoms. The van der Waals surface area contributed by atoms with Crippen LogP contribution in [0.25, 0.3) is 11.1 Å². The Morgan fingerprint density at radius 1 is 0.895 bits per heavy atom. The van der Waals surface area contributed by atoms with Gasteiger partial charge >= 0.3 is 18.0 Å². The molecule has 1 amide bonds. The zero-order valence-corrected chi connectivity index (χ0v) is 21.9. The normalized spacial score (nSPS) is 13.2. The summed E-state index contributed by atoms with van der Waals surface area (Å²) >= 11 is 1.54. The molecule has 4 rings (SSSR count). The number of carboxylic acids is 2. The number of carbonyl (C=O) groups excluding carboxylic acids is 1. The van der Waals surface area contributed by atoms with E-state index in [1.807, 2.05) is 73.0 Å². The zero-order valence-electron chi connectivity index (χ0n) is 21.1. The lowest BCUT2D eigenvalue weighted by molar-refractivity contribution is -0.140. The first-order valence-electron chi connectivity index (χ1n) is 12.2. The number of aliphatic carboxylic acids is 2. The molecule has 0 aromatic heterocycles. The van der Waals surface area contributed by atoms with Crippen molar-refractivity contribution in [3.63, 3.8) is 0 Å². The minimum absolute atomic E-state index is 0.0392. The van der Waals surface area contributed by atoms with Crippen molar-refractivity contribution in [2.75, 3.05) is 18.6 Å². The van der Waals surface area contributed by atoms with Gasteiger partial charge in [0.25, 0.3) is 0 Å². The zero-order chi connectivity index (χ0) is 27.5. The maximum absolute atomic E-state index is 12.1. The van der Waals surface area contributed by atoms with E-state index in [0.717, 1.165) is 27.8 Å². The third-order valence-electron chi connectivity index (χ3n) is 6.16. The molecule has 200 valence electrons. The first-order valence-corrected chi connectivity index (χ1v) is 13.6. The smallest absolute Gasteiger partial charge is 0.407 e. The van der Waals surface area contributed by atoms with Crippen LogP contribution in [0.5, 0.6) is 0 Å². The lowest BCUT2D eigenvalue weighted by Crippen LogP contribution is -2.41. The van der Waals surface area contributed by atoms with Crippen LogP contribution in [-0.2, 0) is 20.7 Å². The van der Waals surface area contributed by atoms with Gasteiger partial charge in [0.2, 0.25) is 0 Å². The molecule has 0 radical (unpaired) electrons. The van der Waals surface area contributed by atoms with Gasteiger partial charge in [0.1, 0.15) is 18.7 Å². The molecule has 0 aliphatic heterocycles. The molecular formula is C29H32N2O6S. The Bertz CT molecular complexity index is 1190. The van der Waals surface area contributed by atoms with Crippen molar-refractivity contribution in [2.45, 2.75) is 30.8 Å². The van der Waals surface area contributed by atoms with Crippen molar-refractivity contribution < 1.29 is 29.3 Å². The second kappa shape index (κ2) is 14.2. The number of hydrogen-bond donors (Lipinski definition) is 4. The van der Waals surface area contributed by atoms with E-state index in [1.54, 1.807) is 0 Å². The van der Waals surface area contributed by atoms with Crippen LogP contribution in [0.4, 0.5) is 4.79 Å². The van der Waals surface area contributed by atoms with E-state index in [-0.39, 0.29) is 12.5 Å². The highest BCUT2D eigenvalue weighted by molar-refractivity contribution is 7.98. The monoisotopic (exact) mass is 536 g/mol. The van der Waals surface area contributed by atoms with Crippen molar-refractivity contribution >= 4 is 29.8 Å². The second-order valence-electron chi connectivity index (χ2n) is 8.78. The van der Waals surface area contributed by atoms with E-state index in [2.05, 4.69) is 17.4 Å². The summed E-state index contributed by atoms with van der Waals surface area (Å²) in [6.45, 7) is 0.175. The Morgan fingerprint density at radius 2 is 1.45 bits per heavy atom. The molecule has 0 bridgehead atoms. The van der Waals surface area contributed by atoms with Crippen LogP contribution in [0, 0.1) is 0 Å². The third kappa shape index (κ3) is 7.84. The Labute approximate surface area is 226 Å². The fourth-order valence-corrected chi connectivity index (χ4v) is 4.70. The van der Waals surface area contributed by atoms with Crippen LogP contribution in [-0.4, -0.2) is 58.9 Å². The number of amides is 1. The predicted octanol–water partition coefficient (Wildman–Crippen LogP) is 4.37. The Balaban J connectivity index is 0.000000279. The van der Waals surface area contributed by atoms with Gasteiger partial charge in [-0.2, -0.15) is 11.8 Å². The van der Waals surface area contributed by atoms with Crippen molar-refractivity contribution in [1.82, 2.24) is 5.32 Å². The molecule has 9 heteroatoms. The quantitative estimate of drug-likeness (QED) is 0.300. The molecule has 1 aliphatic carbocycles. The van der Waals surface area contributed by atoms with E-state index in [9.17, 15) is 19.5 Å². The van der Waals surface area contributed by atoms with Gasteiger partial charge in [0, 0.05) is 5.92 Å². The number of fused-ring (bicyclic) bond motifs is 3. The van der Waals surface area contributed by atoms with Gasteiger partial charge in [-0.3, -0.25) is 4.79 Å². The molecule has 3 aromatic carbocycles. The van der Waals surface area contributed by atoms with Gasteiger partial charge < -0.3 is 26.0 Å². The van der Waals surface area contributed by atoms with Crippen LogP contribution in [0.1, 0.15) is 29.0 Å². The van der Waals surface area contributed by atoms with Gasteiger partial charge in [0.05, 0.1) is 0 Å². The summed E-state index contributed by atoms with van der Waals surface area (Å²) in [5.41, 5.74) is 10.9.